The summed E-state index contributed by atoms with van der Waals surface area (Å²) in [6.07, 6.45) is -2.37. The molecule has 1 atom stereocenters. The Kier molecular flexibility index (Phi) is 9.26. The van der Waals surface area contributed by atoms with Crippen molar-refractivity contribution in [2.45, 2.75) is 42.2 Å². The largest absolute Gasteiger partial charge is 0.508 e. The second kappa shape index (κ2) is 12.3. The number of nitrogens with zero attached hydrogens (tertiary/aromatic N) is 2. The molecule has 10 heteroatoms. The molecule has 1 aliphatic heterocycles. The van der Waals surface area contributed by atoms with Crippen molar-refractivity contribution < 1.29 is 26.7 Å². The van der Waals surface area contributed by atoms with Crippen LogP contribution < -0.4 is 0 Å². The summed E-state index contributed by atoms with van der Waals surface area (Å²) in [7, 11) is -2.07. The van der Waals surface area contributed by atoms with E-state index in [1.54, 1.807) is 43.4 Å². The summed E-state index contributed by atoms with van der Waals surface area (Å²) in [5.41, 5.74) is 0.655. The number of likely N-dealkylation sites (N-methyl/N-ethyl adjacent to an activating group) is 1. The van der Waals surface area contributed by atoms with Gasteiger partial charge in [0.25, 0.3) is 0 Å². The molecule has 3 aromatic carbocycles. The molecule has 0 bridgehead atoms. The average molecular weight is 581 g/mol. The van der Waals surface area contributed by atoms with Crippen molar-refractivity contribution in [3.05, 3.63) is 94.5 Å². The second-order valence-corrected chi connectivity index (χ2v) is 12.5. The summed E-state index contributed by atoms with van der Waals surface area (Å²) in [5.74, 6) is -0.426. The molecular weight excluding hydrogens is 549 g/mol. The molecule has 1 fully saturated rings. The number of likely N-dealkylation sites (tertiary alicyclic amines) is 1. The van der Waals surface area contributed by atoms with E-state index in [1.165, 1.54) is 10.4 Å². The molecule has 0 unspecified atom stereocenters. The monoisotopic (exact) mass is 580 g/mol. The number of sulfonamides is 1. The Balaban J connectivity index is 1.41. The van der Waals surface area contributed by atoms with Gasteiger partial charge in [-0.05, 0) is 98.3 Å². The lowest BCUT2D eigenvalue weighted by Crippen LogP contribution is -2.36. The maximum atomic E-state index is 13.2. The molecule has 0 aromatic heterocycles. The number of hydrogen-bond acceptors (Lipinski definition) is 4. The van der Waals surface area contributed by atoms with Crippen LogP contribution in [0.25, 0.3) is 0 Å². The number of aromatic hydroxyl groups is 1. The third-order valence-corrected chi connectivity index (χ3v) is 9.50. The first kappa shape index (κ1) is 29.4. The van der Waals surface area contributed by atoms with Crippen molar-refractivity contribution in [2.75, 3.05) is 33.2 Å². The van der Waals surface area contributed by atoms with Crippen LogP contribution in [0.4, 0.5) is 13.2 Å². The lowest BCUT2D eigenvalue weighted by Gasteiger charge is -2.34. The molecule has 0 amide bonds. The molecule has 1 heterocycles. The Labute approximate surface area is 232 Å². The van der Waals surface area contributed by atoms with E-state index in [4.69, 9.17) is 11.6 Å². The zero-order valence-electron chi connectivity index (χ0n) is 21.6. The van der Waals surface area contributed by atoms with Gasteiger partial charge in [-0.3, -0.25) is 0 Å². The Morgan fingerprint density at radius 3 is 2.33 bits per heavy atom. The van der Waals surface area contributed by atoms with Gasteiger partial charge in [0.15, 0.2) is 0 Å². The highest BCUT2D eigenvalue weighted by Crippen LogP contribution is 2.38. The highest BCUT2D eigenvalue weighted by molar-refractivity contribution is 7.89. The molecule has 4 rings (SSSR count). The van der Waals surface area contributed by atoms with E-state index in [1.807, 2.05) is 18.2 Å². The maximum Gasteiger partial charge on any atom is 0.416 e. The number of halogens is 4. The zero-order chi connectivity index (χ0) is 28.2. The van der Waals surface area contributed by atoms with Gasteiger partial charge >= 0.3 is 6.18 Å². The Morgan fingerprint density at radius 2 is 1.72 bits per heavy atom. The fraction of sp³-hybridized carbons (Fsp3) is 0.379. The van der Waals surface area contributed by atoms with Crippen molar-refractivity contribution in [1.82, 2.24) is 9.21 Å². The Bertz CT molecular complexity index is 1360. The van der Waals surface area contributed by atoms with Gasteiger partial charge in [0.1, 0.15) is 5.75 Å². The number of rotatable bonds is 9. The van der Waals surface area contributed by atoms with Gasteiger partial charge in [-0.15, -0.1) is 0 Å². The smallest absolute Gasteiger partial charge is 0.416 e. The minimum absolute atomic E-state index is 0.0191. The van der Waals surface area contributed by atoms with Crippen molar-refractivity contribution in [3.63, 3.8) is 0 Å². The molecule has 0 spiro atoms. The predicted molar refractivity (Wildman–Crippen MR) is 147 cm³/mol. The standard InChI is InChI=1S/C29H32ClF3N2O3S/c1-34(39(37,38)26-8-3-2-4-9-26)20-23(22-6-5-7-25(30)18-22)14-17-35-15-12-21(13-16-35)27-11-10-24(19-28(27)36)29(31,32)33/h2-11,18-19,21,23,36H,12-17,20H2,1H3/t23-/m1/s1. The molecule has 1 aliphatic rings. The van der Waals surface area contributed by atoms with Gasteiger partial charge in [-0.2, -0.15) is 13.2 Å². The van der Waals surface area contributed by atoms with Crippen LogP contribution >= 0.6 is 11.6 Å². The summed E-state index contributed by atoms with van der Waals surface area (Å²) in [6.45, 7) is 2.46. The molecule has 39 heavy (non-hydrogen) atoms. The number of alkyl halides is 3. The summed E-state index contributed by atoms with van der Waals surface area (Å²) in [4.78, 5) is 2.52. The Morgan fingerprint density at radius 1 is 1.03 bits per heavy atom. The molecule has 1 N–H and O–H groups in total. The minimum atomic E-state index is -4.49. The fourth-order valence-corrected chi connectivity index (χ4v) is 6.61. The second-order valence-electron chi connectivity index (χ2n) is 10.0. The summed E-state index contributed by atoms with van der Waals surface area (Å²) < 4.78 is 66.6. The highest BCUT2D eigenvalue weighted by Gasteiger charge is 2.32. The first-order valence-corrected chi connectivity index (χ1v) is 14.7. The number of phenols is 1. The van der Waals surface area contributed by atoms with E-state index >= 15 is 0 Å². The molecular formula is C29H32ClF3N2O3S. The zero-order valence-corrected chi connectivity index (χ0v) is 23.2. The molecule has 0 radical (unpaired) electrons. The van der Waals surface area contributed by atoms with Gasteiger partial charge in [0.2, 0.25) is 10.0 Å². The average Bonchev–Trinajstić information content (AvgIpc) is 2.91. The van der Waals surface area contributed by atoms with Crippen molar-refractivity contribution in [3.8, 4) is 5.75 Å². The quantitative estimate of drug-likeness (QED) is 0.305. The van der Waals surface area contributed by atoms with Crippen molar-refractivity contribution in [1.29, 1.82) is 0 Å². The van der Waals surface area contributed by atoms with Gasteiger partial charge in [0, 0.05) is 18.6 Å². The van der Waals surface area contributed by atoms with Crippen molar-refractivity contribution >= 4 is 21.6 Å². The van der Waals surface area contributed by atoms with E-state index < -0.39 is 21.8 Å². The summed E-state index contributed by atoms with van der Waals surface area (Å²) in [5, 5.41) is 10.8. The van der Waals surface area contributed by atoms with Crippen LogP contribution in [0.15, 0.2) is 77.7 Å². The van der Waals surface area contributed by atoms with Gasteiger partial charge in [-0.1, -0.05) is 48.0 Å². The van der Waals surface area contributed by atoms with Crippen LogP contribution in [0.5, 0.6) is 5.75 Å². The van der Waals surface area contributed by atoms with Gasteiger partial charge in [-0.25, -0.2) is 12.7 Å². The molecule has 3 aromatic rings. The van der Waals surface area contributed by atoms with Crippen LogP contribution in [-0.2, 0) is 16.2 Å². The third kappa shape index (κ3) is 7.33. The van der Waals surface area contributed by atoms with E-state index in [2.05, 4.69) is 4.90 Å². The number of benzene rings is 3. The number of piperidine rings is 1. The fourth-order valence-electron chi connectivity index (χ4n) is 5.18. The molecule has 5 nitrogen and oxygen atoms in total. The summed E-state index contributed by atoms with van der Waals surface area (Å²) >= 11 is 6.26. The van der Waals surface area contributed by atoms with E-state index in [-0.39, 0.29) is 29.0 Å². The van der Waals surface area contributed by atoms with Gasteiger partial charge < -0.3 is 10.0 Å². The van der Waals surface area contributed by atoms with E-state index in [9.17, 15) is 26.7 Å². The molecule has 0 saturated carbocycles. The predicted octanol–water partition coefficient (Wildman–Crippen LogP) is 6.74. The van der Waals surface area contributed by atoms with E-state index in [0.29, 0.717) is 29.8 Å². The lowest BCUT2D eigenvalue weighted by molar-refractivity contribution is -0.137. The van der Waals surface area contributed by atoms with Crippen LogP contribution in [0.2, 0.25) is 5.02 Å². The number of hydrogen-bond donors (Lipinski definition) is 1. The molecule has 0 aliphatic carbocycles. The normalized spacial score (nSPS) is 16.5. The van der Waals surface area contributed by atoms with Crippen molar-refractivity contribution in [2.24, 2.45) is 0 Å². The maximum absolute atomic E-state index is 13.2. The molecule has 210 valence electrons. The summed E-state index contributed by atoms with van der Waals surface area (Å²) in [6, 6.07) is 19.0. The first-order valence-electron chi connectivity index (χ1n) is 12.8. The van der Waals surface area contributed by atoms with Gasteiger partial charge in [0.05, 0.1) is 10.5 Å². The minimum Gasteiger partial charge on any atom is -0.508 e. The lowest BCUT2D eigenvalue weighted by atomic mass is 9.87. The first-order chi connectivity index (χ1) is 18.4. The van der Waals surface area contributed by atoms with Crippen LogP contribution in [0, 0.1) is 0 Å². The number of phenolic OH excluding ortho intramolecular Hbond substituents is 1. The SMILES string of the molecule is CN(C[C@@H](CCN1CCC(c2ccc(C(F)(F)F)cc2O)CC1)c1cccc(Cl)c1)S(=O)(=O)c1ccccc1. The van der Waals surface area contributed by atoms with Crippen LogP contribution in [0.3, 0.4) is 0 Å². The highest BCUT2D eigenvalue weighted by atomic mass is 35.5. The van der Waals surface area contributed by atoms with E-state index in [0.717, 1.165) is 37.3 Å². The third-order valence-electron chi connectivity index (χ3n) is 7.43. The molecule has 1 saturated heterocycles. The Hall–Kier alpha value is -2.59. The van der Waals surface area contributed by atoms with Crippen LogP contribution in [0.1, 0.15) is 47.8 Å². The topological polar surface area (TPSA) is 60.9 Å². The van der Waals surface area contributed by atoms with Crippen LogP contribution in [-0.4, -0.2) is 56.0 Å².